The summed E-state index contributed by atoms with van der Waals surface area (Å²) in [6, 6.07) is 0. The van der Waals surface area contributed by atoms with Crippen LogP contribution in [0, 0.1) is 11.8 Å². The van der Waals surface area contributed by atoms with Crippen LogP contribution in [-0.4, -0.2) is 22.4 Å². The van der Waals surface area contributed by atoms with Crippen molar-refractivity contribution >= 4 is 0 Å². The molecule has 3 unspecified atom stereocenters. The number of hydrogen-bond acceptors (Lipinski definition) is 2. The van der Waals surface area contributed by atoms with Crippen molar-refractivity contribution in [1.82, 2.24) is 0 Å². The van der Waals surface area contributed by atoms with Gasteiger partial charge in [0, 0.05) is 0 Å². The molecule has 2 nitrogen and oxygen atoms in total. The smallest absolute Gasteiger partial charge is 0.0880 e. The van der Waals surface area contributed by atoms with Crippen LogP contribution in [0.2, 0.25) is 0 Å². The van der Waals surface area contributed by atoms with Gasteiger partial charge in [-0.2, -0.15) is 0 Å². The van der Waals surface area contributed by atoms with Gasteiger partial charge < -0.3 is 10.2 Å². The van der Waals surface area contributed by atoms with Crippen molar-refractivity contribution in [2.75, 3.05) is 6.61 Å². The Hall–Kier alpha value is -0.0800. The lowest BCUT2D eigenvalue weighted by Gasteiger charge is -2.37. The van der Waals surface area contributed by atoms with Crippen LogP contribution in [-0.2, 0) is 0 Å². The second-order valence-corrected chi connectivity index (χ2v) is 4.08. The first-order chi connectivity index (χ1) is 5.07. The van der Waals surface area contributed by atoms with Crippen LogP contribution in [0.5, 0.6) is 0 Å². The van der Waals surface area contributed by atoms with Crippen molar-refractivity contribution in [2.45, 2.75) is 38.7 Å². The summed E-state index contributed by atoms with van der Waals surface area (Å²) in [6.07, 6.45) is 2.55. The highest BCUT2D eigenvalue weighted by Gasteiger charge is 2.34. The number of rotatable bonds is 1. The second-order valence-electron chi connectivity index (χ2n) is 4.08. The minimum Gasteiger partial charge on any atom is -0.393 e. The summed E-state index contributed by atoms with van der Waals surface area (Å²) >= 11 is 0. The van der Waals surface area contributed by atoms with Gasteiger partial charge in [-0.3, -0.25) is 0 Å². The molecule has 0 aliphatic heterocycles. The fourth-order valence-electron chi connectivity index (χ4n) is 1.83. The molecule has 1 fully saturated rings. The van der Waals surface area contributed by atoms with Gasteiger partial charge in [0.2, 0.25) is 0 Å². The number of aliphatic hydroxyl groups excluding tert-OH is 1. The molecule has 0 radical (unpaired) electrons. The van der Waals surface area contributed by atoms with E-state index in [9.17, 15) is 5.11 Å². The van der Waals surface area contributed by atoms with Gasteiger partial charge in [-0.25, -0.2) is 0 Å². The fourth-order valence-corrected chi connectivity index (χ4v) is 1.83. The molecule has 66 valence electrons. The summed E-state index contributed by atoms with van der Waals surface area (Å²) in [5, 5.41) is 18.6. The molecule has 11 heavy (non-hydrogen) atoms. The molecule has 2 N–H and O–H groups in total. The van der Waals surface area contributed by atoms with E-state index in [2.05, 4.69) is 13.8 Å². The van der Waals surface area contributed by atoms with E-state index in [1.807, 2.05) is 0 Å². The summed E-state index contributed by atoms with van der Waals surface area (Å²) in [7, 11) is 0. The Morgan fingerprint density at radius 3 is 2.45 bits per heavy atom. The van der Waals surface area contributed by atoms with E-state index in [0.29, 0.717) is 11.8 Å². The predicted octanol–water partition coefficient (Wildman–Crippen LogP) is 1.17. The van der Waals surface area contributed by atoms with E-state index < -0.39 is 5.60 Å². The van der Waals surface area contributed by atoms with Crippen molar-refractivity contribution in [3.63, 3.8) is 0 Å². The third-order valence-corrected chi connectivity index (χ3v) is 3.03. The summed E-state index contributed by atoms with van der Waals surface area (Å²) in [4.78, 5) is 0. The molecule has 3 atom stereocenters. The molecule has 0 bridgehead atoms. The van der Waals surface area contributed by atoms with Crippen LogP contribution >= 0.6 is 0 Å². The minimum atomic E-state index is -0.772. The molecule has 0 heterocycles. The summed E-state index contributed by atoms with van der Waals surface area (Å²) in [6.45, 7) is 4.27. The third-order valence-electron chi connectivity index (χ3n) is 3.03. The van der Waals surface area contributed by atoms with Crippen molar-refractivity contribution in [3.8, 4) is 0 Å². The highest BCUT2D eigenvalue weighted by molar-refractivity contribution is 4.86. The lowest BCUT2D eigenvalue weighted by atomic mass is 9.73. The van der Waals surface area contributed by atoms with Gasteiger partial charge in [0.15, 0.2) is 0 Å². The minimum absolute atomic E-state index is 0.0793. The molecule has 0 aromatic heterocycles. The molecular weight excluding hydrogens is 140 g/mol. The quantitative estimate of drug-likeness (QED) is 0.601. The van der Waals surface area contributed by atoms with Gasteiger partial charge in [-0.1, -0.05) is 13.8 Å². The maximum absolute atomic E-state index is 9.72. The van der Waals surface area contributed by atoms with Crippen LogP contribution in [0.3, 0.4) is 0 Å². The molecule has 0 spiro atoms. The Kier molecular flexibility index (Phi) is 2.55. The van der Waals surface area contributed by atoms with Gasteiger partial charge in [-0.05, 0) is 31.1 Å². The highest BCUT2D eigenvalue weighted by atomic mass is 16.3. The fraction of sp³-hybridized carbons (Fsp3) is 1.00. The lowest BCUT2D eigenvalue weighted by molar-refractivity contribution is -0.0664. The van der Waals surface area contributed by atoms with E-state index in [1.165, 1.54) is 0 Å². The Labute approximate surface area is 68.2 Å². The van der Waals surface area contributed by atoms with Crippen molar-refractivity contribution < 1.29 is 10.2 Å². The lowest BCUT2D eigenvalue weighted by Crippen LogP contribution is -2.40. The summed E-state index contributed by atoms with van der Waals surface area (Å²) in [5.74, 6) is 1.24. The highest BCUT2D eigenvalue weighted by Crippen LogP contribution is 2.35. The van der Waals surface area contributed by atoms with Gasteiger partial charge in [-0.15, -0.1) is 0 Å². The van der Waals surface area contributed by atoms with Crippen LogP contribution in [0.15, 0.2) is 0 Å². The zero-order chi connectivity index (χ0) is 8.48. The summed E-state index contributed by atoms with van der Waals surface area (Å²) < 4.78 is 0. The zero-order valence-electron chi connectivity index (χ0n) is 7.38. The molecule has 0 amide bonds. The van der Waals surface area contributed by atoms with E-state index in [4.69, 9.17) is 5.11 Å². The maximum Gasteiger partial charge on any atom is 0.0880 e. The van der Waals surface area contributed by atoms with Crippen LogP contribution < -0.4 is 0 Å². The molecule has 2 heteroatoms. The number of hydrogen-bond donors (Lipinski definition) is 2. The van der Waals surface area contributed by atoms with E-state index in [-0.39, 0.29) is 6.61 Å². The van der Waals surface area contributed by atoms with E-state index in [1.54, 1.807) is 0 Å². The predicted molar refractivity (Wildman–Crippen MR) is 44.2 cm³/mol. The molecule has 1 aliphatic rings. The Morgan fingerprint density at radius 1 is 1.36 bits per heavy atom. The Morgan fingerprint density at radius 2 is 2.00 bits per heavy atom. The van der Waals surface area contributed by atoms with Crippen molar-refractivity contribution in [2.24, 2.45) is 11.8 Å². The normalized spacial score (nSPS) is 45.8. The average Bonchev–Trinajstić information content (AvgIpc) is 1.98. The van der Waals surface area contributed by atoms with Gasteiger partial charge in [0.05, 0.1) is 12.2 Å². The number of aliphatic hydroxyl groups is 2. The Balaban J connectivity index is 2.51. The maximum atomic E-state index is 9.72. The van der Waals surface area contributed by atoms with Crippen molar-refractivity contribution in [1.29, 1.82) is 0 Å². The van der Waals surface area contributed by atoms with Crippen molar-refractivity contribution in [3.05, 3.63) is 0 Å². The molecule has 1 saturated carbocycles. The monoisotopic (exact) mass is 158 g/mol. The second kappa shape index (κ2) is 3.11. The molecule has 1 rings (SSSR count). The first-order valence-electron chi connectivity index (χ1n) is 4.41. The van der Waals surface area contributed by atoms with Gasteiger partial charge in [0.1, 0.15) is 0 Å². The Bertz CT molecular complexity index is 136. The first-order valence-corrected chi connectivity index (χ1v) is 4.41. The molecule has 0 aromatic carbocycles. The van der Waals surface area contributed by atoms with Crippen LogP contribution in [0.4, 0.5) is 0 Å². The molecule has 0 aromatic rings. The van der Waals surface area contributed by atoms with Gasteiger partial charge >= 0.3 is 0 Å². The molecular formula is C9H18O2. The summed E-state index contributed by atoms with van der Waals surface area (Å²) in [5.41, 5.74) is -0.772. The average molecular weight is 158 g/mol. The molecule has 1 aliphatic carbocycles. The van der Waals surface area contributed by atoms with Crippen LogP contribution in [0.25, 0.3) is 0 Å². The van der Waals surface area contributed by atoms with Crippen LogP contribution in [0.1, 0.15) is 33.1 Å². The van der Waals surface area contributed by atoms with E-state index in [0.717, 1.165) is 19.3 Å². The van der Waals surface area contributed by atoms with E-state index >= 15 is 0 Å². The van der Waals surface area contributed by atoms with Gasteiger partial charge in [0.25, 0.3) is 0 Å². The zero-order valence-corrected chi connectivity index (χ0v) is 7.38. The first kappa shape index (κ1) is 9.01. The third kappa shape index (κ3) is 1.94. The topological polar surface area (TPSA) is 40.5 Å². The SMILES string of the molecule is CC1CCC(O)(CO)CC1C. The standard InChI is InChI=1S/C9H18O2/c1-7-3-4-9(11,6-10)5-8(7)2/h7-8,10-11H,3-6H2,1-2H3. The largest absolute Gasteiger partial charge is 0.393 e. The molecule has 0 saturated heterocycles.